The van der Waals surface area contributed by atoms with E-state index in [0.29, 0.717) is 11.4 Å². The maximum atomic E-state index is 13.0. The molecule has 0 fully saturated rings. The standard InChI is InChI=1S/C21H14F2N2O5S/c22-21(23)31(28,29)18-8-4-1-5-13(18)19(26)24-12-9-10-16-14(11-12)20(27)25-15-6-2-3-7-17(15)30-16/h1-11,21H,(H,24,26)(H,25,27). The average Bonchev–Trinajstić information content (AvgIpc) is 2.89. The highest BCUT2D eigenvalue weighted by Gasteiger charge is 2.31. The van der Waals surface area contributed by atoms with Crippen molar-refractivity contribution in [3.05, 3.63) is 77.9 Å². The molecule has 0 atom stereocenters. The molecule has 158 valence electrons. The number of fused-ring (bicyclic) bond motifs is 2. The number of alkyl halides is 2. The van der Waals surface area contributed by atoms with Crippen LogP contribution >= 0.6 is 0 Å². The summed E-state index contributed by atoms with van der Waals surface area (Å²) in [5, 5.41) is 5.13. The molecule has 2 amide bonds. The van der Waals surface area contributed by atoms with Gasteiger partial charge in [0.05, 0.1) is 21.7 Å². The third kappa shape index (κ3) is 3.84. The second-order valence-corrected chi connectivity index (χ2v) is 8.41. The van der Waals surface area contributed by atoms with Crippen molar-refractivity contribution in [2.45, 2.75) is 10.7 Å². The molecule has 1 aliphatic rings. The van der Waals surface area contributed by atoms with E-state index in [4.69, 9.17) is 4.74 Å². The minimum absolute atomic E-state index is 0.127. The third-order valence-electron chi connectivity index (χ3n) is 4.51. The summed E-state index contributed by atoms with van der Waals surface area (Å²) in [6.45, 7) is 0. The lowest BCUT2D eigenvalue weighted by molar-refractivity contribution is 0.101. The first-order valence-electron chi connectivity index (χ1n) is 8.92. The van der Waals surface area contributed by atoms with Crippen LogP contribution in [0.2, 0.25) is 0 Å². The Balaban J connectivity index is 1.65. The molecule has 7 nitrogen and oxygen atoms in total. The van der Waals surface area contributed by atoms with Gasteiger partial charge in [-0.2, -0.15) is 8.78 Å². The Morgan fingerprint density at radius 3 is 2.45 bits per heavy atom. The quantitative estimate of drug-likeness (QED) is 0.625. The number of sulfone groups is 1. The van der Waals surface area contributed by atoms with Gasteiger partial charge in [-0.1, -0.05) is 24.3 Å². The van der Waals surface area contributed by atoms with E-state index in [1.165, 1.54) is 30.3 Å². The number of carbonyl (C=O) groups is 2. The van der Waals surface area contributed by atoms with E-state index in [-0.39, 0.29) is 17.0 Å². The van der Waals surface area contributed by atoms with Gasteiger partial charge in [-0.15, -0.1) is 0 Å². The number of hydrogen-bond donors (Lipinski definition) is 2. The minimum atomic E-state index is -4.98. The largest absolute Gasteiger partial charge is 0.454 e. The van der Waals surface area contributed by atoms with Crippen LogP contribution in [0, 0.1) is 0 Å². The molecule has 0 aliphatic carbocycles. The second kappa shape index (κ2) is 7.80. The highest BCUT2D eigenvalue weighted by atomic mass is 32.2. The molecule has 0 saturated carbocycles. The highest BCUT2D eigenvalue weighted by molar-refractivity contribution is 7.91. The average molecular weight is 444 g/mol. The normalized spacial score (nSPS) is 12.8. The number of ether oxygens (including phenoxy) is 1. The van der Waals surface area contributed by atoms with E-state index in [1.807, 2.05) is 0 Å². The summed E-state index contributed by atoms with van der Waals surface area (Å²) in [6, 6.07) is 15.7. The summed E-state index contributed by atoms with van der Waals surface area (Å²) in [4.78, 5) is 24.4. The summed E-state index contributed by atoms with van der Waals surface area (Å²) in [6.07, 6.45) is 0. The number of halogens is 2. The van der Waals surface area contributed by atoms with Gasteiger partial charge in [0.15, 0.2) is 5.75 Å². The topological polar surface area (TPSA) is 102 Å². The third-order valence-corrected chi connectivity index (χ3v) is 5.95. The summed E-state index contributed by atoms with van der Waals surface area (Å²) < 4.78 is 55.5. The van der Waals surface area contributed by atoms with Gasteiger partial charge in [0.25, 0.3) is 11.8 Å². The summed E-state index contributed by atoms with van der Waals surface area (Å²) in [7, 11) is -4.98. The Kier molecular flexibility index (Phi) is 5.15. The minimum Gasteiger partial charge on any atom is -0.454 e. The van der Waals surface area contributed by atoms with Crippen LogP contribution in [-0.2, 0) is 9.84 Å². The number of anilines is 2. The monoisotopic (exact) mass is 444 g/mol. The molecule has 10 heteroatoms. The van der Waals surface area contributed by atoms with Gasteiger partial charge in [0, 0.05) is 5.69 Å². The zero-order chi connectivity index (χ0) is 22.2. The maximum absolute atomic E-state index is 13.0. The molecule has 1 heterocycles. The maximum Gasteiger partial charge on any atom is 0.341 e. The summed E-state index contributed by atoms with van der Waals surface area (Å²) in [5.74, 6) is -4.37. The number of para-hydroxylation sites is 2. The van der Waals surface area contributed by atoms with Crippen molar-refractivity contribution in [3.63, 3.8) is 0 Å². The van der Waals surface area contributed by atoms with Crippen LogP contribution < -0.4 is 15.4 Å². The summed E-state index contributed by atoms with van der Waals surface area (Å²) >= 11 is 0. The summed E-state index contributed by atoms with van der Waals surface area (Å²) in [5.41, 5.74) is 0.312. The fraction of sp³-hybridized carbons (Fsp3) is 0.0476. The Hall–Kier alpha value is -3.79. The van der Waals surface area contributed by atoms with Crippen LogP contribution in [0.15, 0.2) is 71.6 Å². The van der Waals surface area contributed by atoms with Crippen LogP contribution in [0.3, 0.4) is 0 Å². The van der Waals surface area contributed by atoms with E-state index in [1.54, 1.807) is 24.3 Å². The van der Waals surface area contributed by atoms with Crippen molar-refractivity contribution < 1.29 is 31.5 Å². The van der Waals surface area contributed by atoms with Gasteiger partial charge >= 0.3 is 5.76 Å². The molecule has 31 heavy (non-hydrogen) atoms. The lowest BCUT2D eigenvalue weighted by Crippen LogP contribution is -2.20. The lowest BCUT2D eigenvalue weighted by Gasteiger charge is -2.12. The first-order chi connectivity index (χ1) is 14.8. The van der Waals surface area contributed by atoms with Crippen molar-refractivity contribution in [2.75, 3.05) is 10.6 Å². The predicted molar refractivity (Wildman–Crippen MR) is 108 cm³/mol. The van der Waals surface area contributed by atoms with E-state index in [0.717, 1.165) is 12.1 Å². The van der Waals surface area contributed by atoms with Crippen LogP contribution in [0.4, 0.5) is 20.2 Å². The van der Waals surface area contributed by atoms with Gasteiger partial charge in [0.1, 0.15) is 5.75 Å². The number of carbonyl (C=O) groups excluding carboxylic acids is 2. The molecule has 0 aromatic heterocycles. The van der Waals surface area contributed by atoms with Gasteiger partial charge in [-0.3, -0.25) is 9.59 Å². The molecule has 1 aliphatic heterocycles. The van der Waals surface area contributed by atoms with Crippen LogP contribution in [0.5, 0.6) is 11.5 Å². The molecule has 0 saturated heterocycles. The van der Waals surface area contributed by atoms with Crippen molar-refractivity contribution in [1.29, 1.82) is 0 Å². The molecule has 0 unspecified atom stereocenters. The fourth-order valence-electron chi connectivity index (χ4n) is 3.04. The molecule has 2 N–H and O–H groups in total. The molecular formula is C21H14F2N2O5S. The molecule has 3 aromatic carbocycles. The van der Waals surface area contributed by atoms with Gasteiger partial charge in [-0.25, -0.2) is 8.42 Å². The Morgan fingerprint density at radius 2 is 1.68 bits per heavy atom. The Labute approximate surface area is 175 Å². The zero-order valence-electron chi connectivity index (χ0n) is 15.6. The first-order valence-corrected chi connectivity index (χ1v) is 10.5. The van der Waals surface area contributed by atoms with Crippen molar-refractivity contribution in [1.82, 2.24) is 0 Å². The fourth-order valence-corrected chi connectivity index (χ4v) is 3.97. The Morgan fingerprint density at radius 1 is 0.968 bits per heavy atom. The molecule has 0 spiro atoms. The van der Waals surface area contributed by atoms with E-state index in [9.17, 15) is 26.8 Å². The SMILES string of the molecule is O=C1Nc2ccccc2Oc2ccc(NC(=O)c3ccccc3S(=O)(=O)C(F)F)cc21. The van der Waals surface area contributed by atoms with Gasteiger partial charge < -0.3 is 15.4 Å². The second-order valence-electron chi connectivity index (χ2n) is 6.52. The number of nitrogens with one attached hydrogen (secondary N) is 2. The Bertz CT molecular complexity index is 1310. The van der Waals surface area contributed by atoms with Gasteiger partial charge in [0.2, 0.25) is 9.84 Å². The van der Waals surface area contributed by atoms with E-state index in [2.05, 4.69) is 10.6 Å². The van der Waals surface area contributed by atoms with Crippen molar-refractivity contribution in [2.24, 2.45) is 0 Å². The first kappa shape index (κ1) is 20.5. The molecule has 0 bridgehead atoms. The van der Waals surface area contributed by atoms with Gasteiger partial charge in [-0.05, 0) is 42.5 Å². The highest BCUT2D eigenvalue weighted by Crippen LogP contribution is 2.36. The van der Waals surface area contributed by atoms with E-state index >= 15 is 0 Å². The number of amides is 2. The van der Waals surface area contributed by atoms with Crippen LogP contribution in [0.25, 0.3) is 0 Å². The zero-order valence-corrected chi connectivity index (χ0v) is 16.5. The smallest absolute Gasteiger partial charge is 0.341 e. The number of benzene rings is 3. The molecule has 3 aromatic rings. The van der Waals surface area contributed by atoms with Crippen LogP contribution in [0.1, 0.15) is 20.7 Å². The number of rotatable bonds is 4. The van der Waals surface area contributed by atoms with E-state index < -0.39 is 37.9 Å². The molecule has 4 rings (SSSR count). The number of hydrogen-bond acceptors (Lipinski definition) is 5. The lowest BCUT2D eigenvalue weighted by atomic mass is 10.1. The van der Waals surface area contributed by atoms with Crippen molar-refractivity contribution >= 4 is 33.0 Å². The molecular weight excluding hydrogens is 430 g/mol. The molecule has 0 radical (unpaired) electrons. The predicted octanol–water partition coefficient (Wildman–Crippen LogP) is 4.29. The van der Waals surface area contributed by atoms with Crippen LogP contribution in [-0.4, -0.2) is 26.0 Å². The van der Waals surface area contributed by atoms with Crippen molar-refractivity contribution in [3.8, 4) is 11.5 Å².